The number of rotatable bonds is 5. The van der Waals surface area contributed by atoms with E-state index in [4.69, 9.17) is 0 Å². The summed E-state index contributed by atoms with van der Waals surface area (Å²) >= 11 is 1.80. The van der Waals surface area contributed by atoms with E-state index in [1.165, 1.54) is 37.0 Å². The van der Waals surface area contributed by atoms with Crippen molar-refractivity contribution in [3.05, 3.63) is 146 Å². The van der Waals surface area contributed by atoms with Gasteiger partial charge >= 0.3 is 0 Å². The predicted octanol–water partition coefficient (Wildman–Crippen LogP) is 10.3. The Morgan fingerprint density at radius 3 is 1.74 bits per heavy atom. The van der Waals surface area contributed by atoms with Gasteiger partial charge < -0.3 is 4.90 Å². The number of thiophene rings is 1. The van der Waals surface area contributed by atoms with Gasteiger partial charge in [0.1, 0.15) is 0 Å². The van der Waals surface area contributed by atoms with E-state index in [1.807, 2.05) is 12.3 Å². The Balaban J connectivity index is 1.30. The number of hydrogen-bond donors (Lipinski definition) is 0. The second-order valence-corrected chi connectivity index (χ2v) is 10.3. The molecule has 3 heteroatoms. The van der Waals surface area contributed by atoms with E-state index in [0.717, 1.165) is 22.6 Å². The minimum absolute atomic E-state index is 1.07. The lowest BCUT2D eigenvalue weighted by Gasteiger charge is -2.26. The van der Waals surface area contributed by atoms with Crippen molar-refractivity contribution >= 4 is 48.7 Å². The number of aromatic nitrogens is 1. The minimum atomic E-state index is 1.07. The molecule has 0 atom stereocenters. The summed E-state index contributed by atoms with van der Waals surface area (Å²) in [5.41, 5.74) is 9.36. The second-order valence-electron chi connectivity index (χ2n) is 9.27. The zero-order chi connectivity index (χ0) is 25.3. The molecule has 2 aromatic heterocycles. The van der Waals surface area contributed by atoms with Gasteiger partial charge in [-0.2, -0.15) is 0 Å². The first-order valence-corrected chi connectivity index (χ1v) is 13.5. The molecule has 38 heavy (non-hydrogen) atoms. The van der Waals surface area contributed by atoms with Crippen LogP contribution in [-0.4, -0.2) is 4.98 Å². The summed E-state index contributed by atoms with van der Waals surface area (Å²) in [5, 5.41) is 1.19. The Morgan fingerprint density at radius 2 is 1.05 bits per heavy atom. The molecule has 180 valence electrons. The third kappa shape index (κ3) is 4.03. The first-order chi connectivity index (χ1) is 18.8. The highest BCUT2D eigenvalue weighted by Crippen LogP contribution is 2.44. The molecule has 7 rings (SSSR count). The maximum atomic E-state index is 4.68. The van der Waals surface area contributed by atoms with Crippen LogP contribution in [0.4, 0.5) is 17.1 Å². The summed E-state index contributed by atoms with van der Waals surface area (Å²) in [6.45, 7) is 0. The fourth-order valence-electron chi connectivity index (χ4n) is 5.07. The fourth-order valence-corrected chi connectivity index (χ4v) is 6.24. The van der Waals surface area contributed by atoms with E-state index in [9.17, 15) is 0 Å². The number of fused-ring (bicyclic) bond motifs is 3. The van der Waals surface area contributed by atoms with E-state index in [0.29, 0.717) is 0 Å². The Kier molecular flexibility index (Phi) is 5.69. The first-order valence-electron chi connectivity index (χ1n) is 12.7. The van der Waals surface area contributed by atoms with Crippen molar-refractivity contribution in [2.75, 3.05) is 4.90 Å². The minimum Gasteiger partial charge on any atom is -0.309 e. The molecule has 0 unspecified atom stereocenters. The Morgan fingerprint density at radius 1 is 0.474 bits per heavy atom. The summed E-state index contributed by atoms with van der Waals surface area (Å²) in [5.74, 6) is 0. The van der Waals surface area contributed by atoms with Crippen molar-refractivity contribution in [3.63, 3.8) is 0 Å². The smallest absolute Gasteiger partial charge is 0.0889 e. The molecule has 0 amide bonds. The quantitative estimate of drug-likeness (QED) is 0.232. The summed E-state index contributed by atoms with van der Waals surface area (Å²) in [6.07, 6.45) is 1.88. The average Bonchev–Trinajstić information content (AvgIpc) is 3.39. The Bertz CT molecular complexity index is 1840. The fraction of sp³-hybridized carbons (Fsp3) is 0. The van der Waals surface area contributed by atoms with Crippen LogP contribution in [0.5, 0.6) is 0 Å². The van der Waals surface area contributed by atoms with Crippen molar-refractivity contribution in [2.45, 2.75) is 0 Å². The van der Waals surface area contributed by atoms with Gasteiger partial charge in [-0.05, 0) is 64.7 Å². The molecular formula is C35H24N2S. The molecule has 7 aromatic rings. The van der Waals surface area contributed by atoms with E-state index in [2.05, 4.69) is 143 Å². The van der Waals surface area contributed by atoms with Gasteiger partial charge in [-0.3, -0.25) is 4.98 Å². The zero-order valence-electron chi connectivity index (χ0n) is 20.7. The van der Waals surface area contributed by atoms with Crippen LogP contribution in [0.1, 0.15) is 0 Å². The topological polar surface area (TPSA) is 16.1 Å². The first kappa shape index (κ1) is 22.5. The molecule has 0 spiro atoms. The van der Waals surface area contributed by atoms with E-state index < -0.39 is 0 Å². The van der Waals surface area contributed by atoms with Crippen LogP contribution in [0.2, 0.25) is 0 Å². The van der Waals surface area contributed by atoms with Crippen molar-refractivity contribution in [2.24, 2.45) is 0 Å². The standard InChI is InChI=1S/C35H24N2S/c1-3-9-25(10-4-1)26-16-18-27(19-17-26)28-20-22-30(23-21-28)37(29-11-5-2-6-12-29)32-14-7-13-31-34-33(38-35(31)32)15-8-24-36-34/h1-24H. The molecule has 5 aromatic carbocycles. The summed E-state index contributed by atoms with van der Waals surface area (Å²) in [6, 6.07) is 49.5. The van der Waals surface area contributed by atoms with Crippen molar-refractivity contribution in [1.82, 2.24) is 4.98 Å². The van der Waals surface area contributed by atoms with Gasteiger partial charge in [-0.1, -0.05) is 97.1 Å². The molecule has 0 fully saturated rings. The summed E-state index contributed by atoms with van der Waals surface area (Å²) in [7, 11) is 0. The predicted molar refractivity (Wildman–Crippen MR) is 163 cm³/mol. The Hall–Kier alpha value is -4.73. The largest absolute Gasteiger partial charge is 0.309 e. The third-order valence-electron chi connectivity index (χ3n) is 6.94. The van der Waals surface area contributed by atoms with Gasteiger partial charge in [0, 0.05) is 23.0 Å². The molecule has 2 nitrogen and oxygen atoms in total. The van der Waals surface area contributed by atoms with Gasteiger partial charge in [-0.25, -0.2) is 0 Å². The van der Waals surface area contributed by atoms with Crippen LogP contribution in [0, 0.1) is 0 Å². The lowest BCUT2D eigenvalue weighted by Crippen LogP contribution is -2.09. The number of para-hydroxylation sites is 1. The van der Waals surface area contributed by atoms with Crippen molar-refractivity contribution in [1.29, 1.82) is 0 Å². The van der Waals surface area contributed by atoms with Crippen molar-refractivity contribution in [3.8, 4) is 22.3 Å². The highest BCUT2D eigenvalue weighted by atomic mass is 32.1. The van der Waals surface area contributed by atoms with E-state index in [-0.39, 0.29) is 0 Å². The summed E-state index contributed by atoms with van der Waals surface area (Å²) in [4.78, 5) is 7.03. The lowest BCUT2D eigenvalue weighted by atomic mass is 10.00. The van der Waals surface area contributed by atoms with E-state index in [1.54, 1.807) is 11.3 Å². The average molecular weight is 505 g/mol. The van der Waals surface area contributed by atoms with Crippen LogP contribution in [-0.2, 0) is 0 Å². The normalized spacial score (nSPS) is 11.2. The van der Waals surface area contributed by atoms with E-state index >= 15 is 0 Å². The molecule has 0 aliphatic heterocycles. The number of pyridine rings is 1. The zero-order valence-corrected chi connectivity index (χ0v) is 21.5. The molecule has 0 aliphatic rings. The van der Waals surface area contributed by atoms with Crippen LogP contribution in [0.15, 0.2) is 146 Å². The monoisotopic (exact) mass is 504 g/mol. The second kappa shape index (κ2) is 9.62. The third-order valence-corrected chi connectivity index (χ3v) is 8.12. The van der Waals surface area contributed by atoms with Gasteiger partial charge in [-0.15, -0.1) is 11.3 Å². The van der Waals surface area contributed by atoms with Crippen LogP contribution >= 0.6 is 11.3 Å². The maximum Gasteiger partial charge on any atom is 0.0889 e. The van der Waals surface area contributed by atoms with Crippen LogP contribution in [0.3, 0.4) is 0 Å². The maximum absolute atomic E-state index is 4.68. The molecular weight excluding hydrogens is 480 g/mol. The highest BCUT2D eigenvalue weighted by molar-refractivity contribution is 7.26. The van der Waals surface area contributed by atoms with Gasteiger partial charge in [0.25, 0.3) is 0 Å². The van der Waals surface area contributed by atoms with Gasteiger partial charge in [0.05, 0.1) is 20.6 Å². The molecule has 0 N–H and O–H groups in total. The molecule has 0 saturated carbocycles. The number of nitrogens with zero attached hydrogens (tertiary/aromatic N) is 2. The van der Waals surface area contributed by atoms with Crippen molar-refractivity contribution < 1.29 is 0 Å². The van der Waals surface area contributed by atoms with Crippen LogP contribution < -0.4 is 4.90 Å². The van der Waals surface area contributed by atoms with Gasteiger partial charge in [0.2, 0.25) is 0 Å². The van der Waals surface area contributed by atoms with Gasteiger partial charge in [0.15, 0.2) is 0 Å². The molecule has 2 heterocycles. The number of hydrogen-bond acceptors (Lipinski definition) is 3. The Labute approximate surface area is 226 Å². The molecule has 0 aliphatic carbocycles. The van der Waals surface area contributed by atoms with Crippen LogP contribution in [0.25, 0.3) is 42.6 Å². The number of benzene rings is 5. The molecule has 0 radical (unpaired) electrons. The number of anilines is 3. The molecule has 0 saturated heterocycles. The lowest BCUT2D eigenvalue weighted by molar-refractivity contribution is 1.30. The SMILES string of the molecule is c1ccc(-c2ccc(-c3ccc(N(c4ccccc4)c4cccc5c4sc4cccnc45)cc3)cc2)cc1. The molecule has 0 bridgehead atoms. The summed E-state index contributed by atoms with van der Waals surface area (Å²) < 4.78 is 2.45. The highest BCUT2D eigenvalue weighted by Gasteiger charge is 2.18.